The average molecular weight is 317 g/mol. The summed E-state index contributed by atoms with van der Waals surface area (Å²) in [6.45, 7) is 7.29. The van der Waals surface area contributed by atoms with Gasteiger partial charge < -0.3 is 5.11 Å². The highest BCUT2D eigenvalue weighted by Crippen LogP contribution is 2.37. The average Bonchev–Trinajstić information content (AvgIpc) is 2.81. The van der Waals surface area contributed by atoms with Gasteiger partial charge in [0, 0.05) is 22.8 Å². The molecule has 0 aromatic carbocycles. The summed E-state index contributed by atoms with van der Waals surface area (Å²) >= 11 is 1.35. The summed E-state index contributed by atoms with van der Waals surface area (Å²) in [5.74, 6) is 0. The summed E-state index contributed by atoms with van der Waals surface area (Å²) in [7, 11) is -3.41. The van der Waals surface area contributed by atoms with Crippen LogP contribution in [0.1, 0.15) is 42.9 Å². The van der Waals surface area contributed by atoms with E-state index in [1.54, 1.807) is 17.3 Å². The van der Waals surface area contributed by atoms with Gasteiger partial charge in [-0.15, -0.1) is 11.3 Å². The number of hydrogen-bond acceptors (Lipinski definition) is 4. The number of thiophene rings is 1. The molecule has 1 N–H and O–H groups in total. The summed E-state index contributed by atoms with van der Waals surface area (Å²) in [6, 6.07) is 1.61. The van der Waals surface area contributed by atoms with Gasteiger partial charge in [0.25, 0.3) is 0 Å². The fraction of sp³-hybridized carbons (Fsp3) is 0.714. The molecule has 1 aliphatic heterocycles. The molecule has 0 aliphatic carbocycles. The minimum absolute atomic E-state index is 0.102. The predicted octanol–water partition coefficient (Wildman–Crippen LogP) is 2.75. The molecule has 0 amide bonds. The van der Waals surface area contributed by atoms with Crippen molar-refractivity contribution in [2.75, 3.05) is 13.1 Å². The number of aliphatic hydroxyl groups excluding tert-OH is 1. The summed E-state index contributed by atoms with van der Waals surface area (Å²) in [6.07, 6.45) is 2.92. The van der Waals surface area contributed by atoms with E-state index < -0.39 is 10.0 Å². The van der Waals surface area contributed by atoms with Crippen molar-refractivity contribution in [1.82, 2.24) is 4.31 Å². The second kappa shape index (κ2) is 5.75. The number of aryl methyl sites for hydroxylation is 1. The predicted molar refractivity (Wildman–Crippen MR) is 81.4 cm³/mol. The largest absolute Gasteiger partial charge is 0.391 e. The monoisotopic (exact) mass is 317 g/mol. The van der Waals surface area contributed by atoms with Gasteiger partial charge in [0.15, 0.2) is 0 Å². The Kier molecular flexibility index (Phi) is 4.59. The number of aliphatic hydroxyl groups is 1. The van der Waals surface area contributed by atoms with Crippen LogP contribution < -0.4 is 0 Å². The van der Waals surface area contributed by atoms with E-state index in [4.69, 9.17) is 5.11 Å². The zero-order valence-corrected chi connectivity index (χ0v) is 14.0. The van der Waals surface area contributed by atoms with E-state index in [2.05, 4.69) is 13.8 Å². The third-order valence-electron chi connectivity index (χ3n) is 4.48. The lowest BCUT2D eigenvalue weighted by Gasteiger charge is -2.38. The van der Waals surface area contributed by atoms with Gasteiger partial charge in [-0.2, -0.15) is 4.31 Å². The van der Waals surface area contributed by atoms with E-state index in [1.807, 2.05) is 0 Å². The van der Waals surface area contributed by atoms with Crippen LogP contribution in [0.2, 0.25) is 0 Å². The van der Waals surface area contributed by atoms with Gasteiger partial charge in [0.05, 0.1) is 11.5 Å². The lowest BCUT2D eigenvalue weighted by atomic mass is 9.79. The lowest BCUT2D eigenvalue weighted by molar-refractivity contribution is 0.169. The SMILES string of the molecule is CCC1(C)CCN(S(=O)(=O)c2cc(CO)sc2C)CC1. The Morgan fingerprint density at radius 3 is 2.45 bits per heavy atom. The maximum absolute atomic E-state index is 12.7. The Labute approximate surface area is 125 Å². The summed E-state index contributed by atoms with van der Waals surface area (Å²) in [4.78, 5) is 1.83. The van der Waals surface area contributed by atoms with E-state index in [-0.39, 0.29) is 12.0 Å². The number of rotatable bonds is 4. The van der Waals surface area contributed by atoms with Crippen LogP contribution in [0.3, 0.4) is 0 Å². The molecule has 114 valence electrons. The smallest absolute Gasteiger partial charge is 0.244 e. The van der Waals surface area contributed by atoms with Gasteiger partial charge >= 0.3 is 0 Å². The summed E-state index contributed by atoms with van der Waals surface area (Å²) in [5, 5.41) is 9.15. The Morgan fingerprint density at radius 1 is 1.40 bits per heavy atom. The highest BCUT2D eigenvalue weighted by Gasteiger charge is 2.35. The van der Waals surface area contributed by atoms with Crippen LogP contribution in [0.25, 0.3) is 0 Å². The molecule has 2 heterocycles. The molecule has 20 heavy (non-hydrogen) atoms. The van der Waals surface area contributed by atoms with Gasteiger partial charge in [-0.05, 0) is 31.2 Å². The molecule has 6 heteroatoms. The Balaban J connectivity index is 2.21. The molecular formula is C14H23NO3S2. The molecule has 1 fully saturated rings. The van der Waals surface area contributed by atoms with Crippen LogP contribution in [0, 0.1) is 12.3 Å². The molecule has 1 aliphatic rings. The molecule has 4 nitrogen and oxygen atoms in total. The molecule has 0 saturated carbocycles. The van der Waals surface area contributed by atoms with E-state index in [0.717, 1.165) is 24.1 Å². The van der Waals surface area contributed by atoms with E-state index >= 15 is 0 Å². The summed E-state index contributed by atoms with van der Waals surface area (Å²) in [5.41, 5.74) is 0.270. The Hall–Kier alpha value is -0.430. The van der Waals surface area contributed by atoms with Crippen LogP contribution >= 0.6 is 11.3 Å². The zero-order valence-electron chi connectivity index (χ0n) is 12.3. The zero-order chi connectivity index (χ0) is 15.0. The summed E-state index contributed by atoms with van der Waals surface area (Å²) < 4.78 is 27.0. The van der Waals surface area contributed by atoms with E-state index in [0.29, 0.717) is 22.9 Å². The van der Waals surface area contributed by atoms with Crippen LogP contribution in [0.5, 0.6) is 0 Å². The lowest BCUT2D eigenvalue weighted by Crippen LogP contribution is -2.41. The second-order valence-corrected chi connectivity index (χ2v) is 9.11. The number of sulfonamides is 1. The molecule has 0 atom stereocenters. The van der Waals surface area contributed by atoms with Gasteiger partial charge in [-0.1, -0.05) is 20.3 Å². The van der Waals surface area contributed by atoms with E-state index in [9.17, 15) is 8.42 Å². The highest BCUT2D eigenvalue weighted by atomic mass is 32.2. The molecule has 1 aromatic rings. The van der Waals surface area contributed by atoms with Crippen molar-refractivity contribution in [2.45, 2.75) is 51.5 Å². The third kappa shape index (κ3) is 2.93. The number of piperidine rings is 1. The van der Waals surface area contributed by atoms with Gasteiger partial charge in [0.2, 0.25) is 10.0 Å². The number of hydrogen-bond donors (Lipinski definition) is 1. The number of nitrogens with zero attached hydrogens (tertiary/aromatic N) is 1. The molecule has 0 unspecified atom stereocenters. The van der Waals surface area contributed by atoms with Gasteiger partial charge in [-0.3, -0.25) is 0 Å². The minimum Gasteiger partial charge on any atom is -0.391 e. The first-order valence-electron chi connectivity index (χ1n) is 7.03. The Bertz CT molecular complexity index is 569. The first-order valence-corrected chi connectivity index (χ1v) is 9.28. The maximum Gasteiger partial charge on any atom is 0.244 e. The molecule has 1 aromatic heterocycles. The standard InChI is InChI=1S/C14H23NO3S2/c1-4-14(3)5-7-15(8-6-14)20(17,18)13-9-12(10-16)19-11(13)2/h9,16H,4-8,10H2,1-3H3. The molecule has 1 saturated heterocycles. The second-order valence-electron chi connectivity index (χ2n) is 5.86. The van der Waals surface area contributed by atoms with Crippen LogP contribution in [-0.2, 0) is 16.6 Å². The van der Waals surface area contributed by atoms with Crippen LogP contribution in [-0.4, -0.2) is 30.9 Å². The third-order valence-corrected chi connectivity index (χ3v) is 7.67. The fourth-order valence-electron chi connectivity index (χ4n) is 2.62. The van der Waals surface area contributed by atoms with Crippen molar-refractivity contribution in [2.24, 2.45) is 5.41 Å². The van der Waals surface area contributed by atoms with Crippen molar-refractivity contribution in [1.29, 1.82) is 0 Å². The molecule has 0 bridgehead atoms. The van der Waals surface area contributed by atoms with Gasteiger partial charge in [0.1, 0.15) is 0 Å². The molecule has 2 rings (SSSR count). The van der Waals surface area contributed by atoms with Crippen molar-refractivity contribution in [3.05, 3.63) is 15.8 Å². The van der Waals surface area contributed by atoms with Crippen molar-refractivity contribution in [3.63, 3.8) is 0 Å². The van der Waals surface area contributed by atoms with Crippen LogP contribution in [0.15, 0.2) is 11.0 Å². The fourth-order valence-corrected chi connectivity index (χ4v) is 5.52. The van der Waals surface area contributed by atoms with Crippen molar-refractivity contribution in [3.8, 4) is 0 Å². The Morgan fingerprint density at radius 2 is 2.00 bits per heavy atom. The normalized spacial score (nSPS) is 20.2. The molecular weight excluding hydrogens is 294 g/mol. The van der Waals surface area contributed by atoms with E-state index in [1.165, 1.54) is 11.3 Å². The highest BCUT2D eigenvalue weighted by molar-refractivity contribution is 7.89. The van der Waals surface area contributed by atoms with Crippen LogP contribution in [0.4, 0.5) is 0 Å². The topological polar surface area (TPSA) is 57.6 Å². The van der Waals surface area contributed by atoms with Crippen molar-refractivity contribution >= 4 is 21.4 Å². The first kappa shape index (κ1) is 15.9. The molecule has 0 radical (unpaired) electrons. The van der Waals surface area contributed by atoms with Gasteiger partial charge in [-0.25, -0.2) is 8.42 Å². The maximum atomic E-state index is 12.7. The van der Waals surface area contributed by atoms with Crippen molar-refractivity contribution < 1.29 is 13.5 Å². The first-order chi connectivity index (χ1) is 9.32. The molecule has 0 spiro atoms. The minimum atomic E-state index is -3.41. The quantitative estimate of drug-likeness (QED) is 0.929.